The molecule has 0 aliphatic carbocycles. The van der Waals surface area contributed by atoms with Crippen LogP contribution in [0, 0.1) is 5.41 Å². The van der Waals surface area contributed by atoms with E-state index in [-0.39, 0.29) is 30.4 Å². The van der Waals surface area contributed by atoms with E-state index in [1.807, 2.05) is 32.5 Å². The highest BCUT2D eigenvalue weighted by Gasteiger charge is 2.27. The smallest absolute Gasteiger partial charge is 0.311 e. The molecule has 1 aliphatic rings. The standard InChI is InChI=1S/C14H24O4S2/c1-4-14(2,3)13(16)17-7-6-11(15)18-12-10-19-8-5-9-20-12/h12H,4-10H2,1-3H3. The molecule has 1 atom stereocenters. The summed E-state index contributed by atoms with van der Waals surface area (Å²) in [4.78, 5) is 23.4. The summed E-state index contributed by atoms with van der Waals surface area (Å²) in [5.74, 6) is 2.47. The third-order valence-corrected chi connectivity index (χ3v) is 5.72. The SMILES string of the molecule is CCC(C)(C)C(=O)OCCC(=O)OC1CSCCCS1. The summed E-state index contributed by atoms with van der Waals surface area (Å²) in [7, 11) is 0. The van der Waals surface area contributed by atoms with E-state index < -0.39 is 5.41 Å². The van der Waals surface area contributed by atoms with Gasteiger partial charge < -0.3 is 9.47 Å². The topological polar surface area (TPSA) is 52.6 Å². The molecule has 0 spiro atoms. The number of hydrogen-bond donors (Lipinski definition) is 0. The average molecular weight is 320 g/mol. The van der Waals surface area contributed by atoms with E-state index in [1.165, 1.54) is 0 Å². The molecule has 0 bridgehead atoms. The van der Waals surface area contributed by atoms with Gasteiger partial charge in [0, 0.05) is 5.75 Å². The lowest BCUT2D eigenvalue weighted by Gasteiger charge is -2.20. The van der Waals surface area contributed by atoms with Crippen LogP contribution >= 0.6 is 23.5 Å². The van der Waals surface area contributed by atoms with Crippen molar-refractivity contribution in [3.8, 4) is 0 Å². The molecule has 0 aromatic rings. The molecular weight excluding hydrogens is 296 g/mol. The van der Waals surface area contributed by atoms with Crippen LogP contribution in [0.1, 0.15) is 40.0 Å². The molecule has 1 saturated heterocycles. The maximum Gasteiger partial charge on any atom is 0.311 e. The van der Waals surface area contributed by atoms with Crippen LogP contribution in [0.15, 0.2) is 0 Å². The maximum atomic E-state index is 11.7. The van der Waals surface area contributed by atoms with E-state index in [9.17, 15) is 9.59 Å². The van der Waals surface area contributed by atoms with Crippen LogP contribution in [0.4, 0.5) is 0 Å². The van der Waals surface area contributed by atoms with Gasteiger partial charge in [0.2, 0.25) is 0 Å². The second kappa shape index (κ2) is 8.82. The molecule has 0 amide bonds. The van der Waals surface area contributed by atoms with Gasteiger partial charge in [-0.15, -0.1) is 11.8 Å². The van der Waals surface area contributed by atoms with E-state index in [4.69, 9.17) is 9.47 Å². The number of hydrogen-bond acceptors (Lipinski definition) is 6. The largest absolute Gasteiger partial charge is 0.465 e. The first kappa shape index (κ1) is 17.7. The third-order valence-electron chi connectivity index (χ3n) is 3.23. The quantitative estimate of drug-likeness (QED) is 0.701. The molecule has 1 rings (SSSR count). The van der Waals surface area contributed by atoms with E-state index >= 15 is 0 Å². The van der Waals surface area contributed by atoms with Gasteiger partial charge in [0.25, 0.3) is 0 Å². The first-order chi connectivity index (χ1) is 9.45. The van der Waals surface area contributed by atoms with Crippen molar-refractivity contribution in [2.45, 2.75) is 45.5 Å². The highest BCUT2D eigenvalue weighted by atomic mass is 32.2. The monoisotopic (exact) mass is 320 g/mol. The summed E-state index contributed by atoms with van der Waals surface area (Å²) in [6.45, 7) is 5.72. The highest BCUT2D eigenvalue weighted by Crippen LogP contribution is 2.24. The van der Waals surface area contributed by atoms with Crippen LogP contribution in [-0.4, -0.2) is 41.2 Å². The number of thioether (sulfide) groups is 2. The van der Waals surface area contributed by atoms with Gasteiger partial charge in [-0.2, -0.15) is 11.8 Å². The lowest BCUT2D eigenvalue weighted by atomic mass is 9.91. The summed E-state index contributed by atoms with van der Waals surface area (Å²) < 4.78 is 10.5. The fourth-order valence-electron chi connectivity index (χ4n) is 1.44. The van der Waals surface area contributed by atoms with Gasteiger partial charge in [-0.05, 0) is 38.2 Å². The van der Waals surface area contributed by atoms with Crippen molar-refractivity contribution in [1.82, 2.24) is 0 Å². The maximum absolute atomic E-state index is 11.7. The molecule has 116 valence electrons. The number of carbonyl (C=O) groups excluding carboxylic acids is 2. The molecule has 0 saturated carbocycles. The van der Waals surface area contributed by atoms with Crippen molar-refractivity contribution in [3.63, 3.8) is 0 Å². The number of carbonyl (C=O) groups is 2. The molecule has 1 heterocycles. The molecule has 1 unspecified atom stereocenters. The van der Waals surface area contributed by atoms with Crippen molar-refractivity contribution in [2.75, 3.05) is 23.9 Å². The minimum atomic E-state index is -0.488. The third kappa shape index (κ3) is 6.39. The first-order valence-electron chi connectivity index (χ1n) is 7.02. The summed E-state index contributed by atoms with van der Waals surface area (Å²) in [6, 6.07) is 0. The normalized spacial score (nSPS) is 20.1. The van der Waals surface area contributed by atoms with Crippen molar-refractivity contribution in [2.24, 2.45) is 5.41 Å². The Kier molecular flexibility index (Phi) is 7.80. The van der Waals surface area contributed by atoms with E-state index in [0.29, 0.717) is 6.42 Å². The fraction of sp³-hybridized carbons (Fsp3) is 0.857. The molecule has 6 heteroatoms. The van der Waals surface area contributed by atoms with Gasteiger partial charge in [-0.3, -0.25) is 9.59 Å². The lowest BCUT2D eigenvalue weighted by molar-refractivity contribution is -0.156. The van der Waals surface area contributed by atoms with Crippen LogP contribution < -0.4 is 0 Å². The molecule has 0 aromatic carbocycles. The average Bonchev–Trinajstić information content (AvgIpc) is 2.67. The van der Waals surface area contributed by atoms with Crippen molar-refractivity contribution >= 4 is 35.5 Å². The zero-order valence-corrected chi connectivity index (χ0v) is 14.1. The molecule has 1 aliphatic heterocycles. The van der Waals surface area contributed by atoms with Crippen LogP contribution in [0.25, 0.3) is 0 Å². The Morgan fingerprint density at radius 1 is 1.30 bits per heavy atom. The second-order valence-corrected chi connectivity index (χ2v) is 7.76. The highest BCUT2D eigenvalue weighted by molar-refractivity contribution is 8.03. The molecule has 4 nitrogen and oxygen atoms in total. The van der Waals surface area contributed by atoms with E-state index in [0.717, 1.165) is 23.7 Å². The van der Waals surface area contributed by atoms with Crippen LogP contribution in [0.3, 0.4) is 0 Å². The Morgan fingerprint density at radius 2 is 2.05 bits per heavy atom. The van der Waals surface area contributed by atoms with Crippen LogP contribution in [-0.2, 0) is 19.1 Å². The fourth-order valence-corrected chi connectivity index (χ4v) is 3.82. The van der Waals surface area contributed by atoms with Gasteiger partial charge >= 0.3 is 11.9 Å². The minimum absolute atomic E-state index is 0.0576. The van der Waals surface area contributed by atoms with E-state index in [1.54, 1.807) is 11.8 Å². The van der Waals surface area contributed by atoms with Gasteiger partial charge in [-0.1, -0.05) is 6.92 Å². The van der Waals surface area contributed by atoms with Gasteiger partial charge in [0.05, 0.1) is 11.8 Å². The van der Waals surface area contributed by atoms with Gasteiger partial charge in [0.1, 0.15) is 6.61 Å². The predicted molar refractivity (Wildman–Crippen MR) is 83.9 cm³/mol. The van der Waals surface area contributed by atoms with E-state index in [2.05, 4.69) is 0 Å². The van der Waals surface area contributed by atoms with Crippen LogP contribution in [0.2, 0.25) is 0 Å². The van der Waals surface area contributed by atoms with Crippen LogP contribution in [0.5, 0.6) is 0 Å². The Hall–Kier alpha value is -0.360. The minimum Gasteiger partial charge on any atom is -0.465 e. The molecular formula is C14H24O4S2. The predicted octanol–water partition coefficient (Wildman–Crippen LogP) is 3.10. The molecule has 0 aromatic heterocycles. The van der Waals surface area contributed by atoms with Crippen molar-refractivity contribution in [3.05, 3.63) is 0 Å². The molecule has 1 fully saturated rings. The first-order valence-corrected chi connectivity index (χ1v) is 9.22. The number of ether oxygens (including phenoxy) is 2. The molecule has 20 heavy (non-hydrogen) atoms. The van der Waals surface area contributed by atoms with Crippen molar-refractivity contribution < 1.29 is 19.1 Å². The summed E-state index contributed by atoms with van der Waals surface area (Å²) >= 11 is 3.51. The number of rotatable bonds is 6. The Labute approximate surface area is 129 Å². The van der Waals surface area contributed by atoms with Gasteiger partial charge in [0.15, 0.2) is 5.44 Å². The zero-order valence-electron chi connectivity index (χ0n) is 12.5. The van der Waals surface area contributed by atoms with Gasteiger partial charge in [-0.25, -0.2) is 0 Å². The Morgan fingerprint density at radius 3 is 2.75 bits per heavy atom. The lowest BCUT2D eigenvalue weighted by Crippen LogP contribution is -2.27. The molecule has 0 radical (unpaired) electrons. The number of esters is 2. The summed E-state index contributed by atoms with van der Waals surface area (Å²) in [5.41, 5.74) is -0.546. The Balaban J connectivity index is 2.21. The summed E-state index contributed by atoms with van der Waals surface area (Å²) in [6.07, 6.45) is 2.01. The summed E-state index contributed by atoms with van der Waals surface area (Å²) in [5, 5.41) is 0. The molecule has 0 N–H and O–H groups in total. The zero-order chi connectivity index (χ0) is 15.0. The Bertz CT molecular complexity index is 323. The van der Waals surface area contributed by atoms with Crippen molar-refractivity contribution in [1.29, 1.82) is 0 Å². The second-order valence-electron chi connectivity index (χ2n) is 5.34.